The highest BCUT2D eigenvalue weighted by molar-refractivity contribution is 4.20. The van der Waals surface area contributed by atoms with Crippen LogP contribution in [0.3, 0.4) is 0 Å². The summed E-state index contributed by atoms with van der Waals surface area (Å²) >= 11 is 0. The van der Waals surface area contributed by atoms with Crippen molar-refractivity contribution in [1.82, 2.24) is 0 Å². The van der Waals surface area contributed by atoms with E-state index in [1.165, 1.54) is 6.92 Å². The van der Waals surface area contributed by atoms with E-state index in [1.807, 2.05) is 0 Å². The minimum atomic E-state index is -2.19. The summed E-state index contributed by atoms with van der Waals surface area (Å²) in [4.78, 5) is 0. The Hall–Kier alpha value is -0.0400. The molecule has 1 atom stereocenters. The van der Waals surface area contributed by atoms with Gasteiger partial charge in [-0.15, -0.1) is 0 Å². The zero-order valence-electron chi connectivity index (χ0n) is 5.52. The topological polar surface area (TPSA) is 20.2 Å². The van der Waals surface area contributed by atoms with E-state index in [1.54, 1.807) is 0 Å². The Morgan fingerprint density at radius 3 is 2.50 bits per heavy atom. The van der Waals surface area contributed by atoms with E-state index in [0.29, 0.717) is 0 Å². The Kier molecular flexibility index (Phi) is 0.317. The number of hydrogen-bond acceptors (Lipinski definition) is 1. The van der Waals surface area contributed by atoms with Crippen molar-refractivity contribution in [2.24, 2.45) is 0 Å². The Morgan fingerprint density at radius 2 is 2.50 bits per heavy atom. The van der Waals surface area contributed by atoms with Gasteiger partial charge in [0.15, 0.2) is 0 Å². The van der Waals surface area contributed by atoms with Gasteiger partial charge in [-0.3, -0.25) is 0 Å². The second-order valence-corrected chi connectivity index (χ2v) is 0.676. The predicted octanol–water partition coefficient (Wildman–Crippen LogP) is 0.387. The van der Waals surface area contributed by atoms with Gasteiger partial charge in [0.2, 0.25) is 0 Å². The second kappa shape index (κ2) is 1.30. The van der Waals surface area contributed by atoms with Crippen LogP contribution in [-0.2, 0) is 0 Å². The smallest absolute Gasteiger partial charge is 0.0483 e. The van der Waals surface area contributed by atoms with Crippen LogP contribution in [0, 0.1) is 0 Å². The summed E-state index contributed by atoms with van der Waals surface area (Å²) in [5.74, 6) is 0. The van der Waals surface area contributed by atoms with Crippen LogP contribution in [0.15, 0.2) is 0 Å². The molecule has 0 bridgehead atoms. The third-order valence-corrected chi connectivity index (χ3v) is 0. The van der Waals surface area contributed by atoms with Crippen molar-refractivity contribution in [3.63, 3.8) is 0 Å². The molecule has 1 N–H and O–H groups in total. The standard InChI is InChI=1S/C3H8O/c1-3(2)4/h3-4H,1-2H3/i1D3/t3-/m0/s1. The van der Waals surface area contributed by atoms with Gasteiger partial charge in [0.25, 0.3) is 0 Å². The molecule has 0 aromatic heterocycles. The summed E-state index contributed by atoms with van der Waals surface area (Å²) in [6.45, 7) is -0.951. The first-order valence-electron chi connectivity index (χ1n) is 2.62. The SMILES string of the molecule is [2H]C([2H])([2H])[C@@H](C)O. The average molecular weight is 63.1 g/mol. The van der Waals surface area contributed by atoms with Gasteiger partial charge >= 0.3 is 0 Å². The lowest BCUT2D eigenvalue weighted by Crippen LogP contribution is -1.85. The number of aliphatic hydroxyl groups is 1. The molecule has 0 aromatic carbocycles. The van der Waals surface area contributed by atoms with E-state index < -0.39 is 13.0 Å². The molecule has 4 heavy (non-hydrogen) atoms. The van der Waals surface area contributed by atoms with Crippen molar-refractivity contribution in [2.75, 3.05) is 0 Å². The Balaban J connectivity index is 3.54. The molecule has 0 saturated carbocycles. The molecule has 0 unspecified atom stereocenters. The summed E-state index contributed by atoms with van der Waals surface area (Å²) in [6.07, 6.45) is -1.20. The van der Waals surface area contributed by atoms with Gasteiger partial charge in [0.05, 0.1) is 0 Å². The largest absolute Gasteiger partial charge is 0.394 e. The number of aliphatic hydroxyl groups excluding tert-OH is 1. The molecule has 26 valence electrons. The molecule has 0 heterocycles. The molecule has 0 amide bonds. The first-order valence-corrected chi connectivity index (χ1v) is 1.12. The lowest BCUT2D eigenvalue weighted by Gasteiger charge is -1.80. The maximum atomic E-state index is 8.33. The van der Waals surface area contributed by atoms with E-state index in [2.05, 4.69) is 0 Å². The molecule has 0 fully saturated rings. The molecule has 0 rings (SSSR count). The first-order chi connectivity index (χ1) is 2.94. The maximum absolute atomic E-state index is 8.33. The van der Waals surface area contributed by atoms with E-state index in [4.69, 9.17) is 9.22 Å². The van der Waals surface area contributed by atoms with Crippen molar-refractivity contribution >= 4 is 0 Å². The van der Waals surface area contributed by atoms with Gasteiger partial charge in [0, 0.05) is 10.2 Å². The van der Waals surface area contributed by atoms with Gasteiger partial charge in [0.1, 0.15) is 0 Å². The Morgan fingerprint density at radius 1 is 2.25 bits per heavy atom. The summed E-state index contributed by atoms with van der Waals surface area (Å²) < 4.78 is 19.4. The number of hydrogen-bond donors (Lipinski definition) is 1. The quantitative estimate of drug-likeness (QED) is 0.431. The van der Waals surface area contributed by atoms with Gasteiger partial charge in [-0.05, 0) is 13.8 Å². The molecule has 0 aliphatic carbocycles. The summed E-state index contributed by atoms with van der Waals surface area (Å²) in [6, 6.07) is 0. The highest BCUT2D eigenvalue weighted by Crippen LogP contribution is 1.65. The van der Waals surface area contributed by atoms with E-state index in [-0.39, 0.29) is 0 Å². The Bertz CT molecular complexity index is 55.7. The second-order valence-electron chi connectivity index (χ2n) is 0.676. The van der Waals surface area contributed by atoms with E-state index >= 15 is 0 Å². The normalized spacial score (nSPS) is 30.0. The van der Waals surface area contributed by atoms with Gasteiger partial charge in [-0.25, -0.2) is 0 Å². The highest BCUT2D eigenvalue weighted by atomic mass is 16.3. The van der Waals surface area contributed by atoms with E-state index in [9.17, 15) is 0 Å². The minimum Gasteiger partial charge on any atom is -0.394 e. The summed E-state index contributed by atoms with van der Waals surface area (Å²) in [5.41, 5.74) is 0. The molecule has 1 heteroatoms. The van der Waals surface area contributed by atoms with Crippen LogP contribution in [0.5, 0.6) is 0 Å². The molecular weight excluding hydrogens is 52.0 g/mol. The third-order valence-electron chi connectivity index (χ3n) is 0. The van der Waals surface area contributed by atoms with Crippen molar-refractivity contribution in [1.29, 1.82) is 0 Å². The van der Waals surface area contributed by atoms with Crippen molar-refractivity contribution < 1.29 is 9.22 Å². The molecule has 1 nitrogen and oxygen atoms in total. The first kappa shape index (κ1) is 0.977. The fraction of sp³-hybridized carbons (Fsp3) is 1.00. The van der Waals surface area contributed by atoms with Crippen LogP contribution < -0.4 is 0 Å². The molecule has 0 aliphatic rings. The molecule has 0 saturated heterocycles. The average Bonchev–Trinajstić information content (AvgIpc) is 1.31. The van der Waals surface area contributed by atoms with Crippen LogP contribution in [0.1, 0.15) is 17.9 Å². The summed E-state index contributed by atoms with van der Waals surface area (Å²) in [5, 5.41) is 8.33. The molecule has 0 spiro atoms. The van der Waals surface area contributed by atoms with Crippen LogP contribution >= 0.6 is 0 Å². The zero-order chi connectivity index (χ0) is 6.08. The van der Waals surface area contributed by atoms with Crippen LogP contribution in [0.25, 0.3) is 0 Å². The molecule has 0 aliphatic heterocycles. The fourth-order valence-corrected chi connectivity index (χ4v) is 0. The molecular formula is C3H8O. The Labute approximate surface area is 30.5 Å². The van der Waals surface area contributed by atoms with Crippen molar-refractivity contribution in [2.45, 2.75) is 19.9 Å². The summed E-state index contributed by atoms with van der Waals surface area (Å²) in [7, 11) is 0. The zero-order valence-corrected chi connectivity index (χ0v) is 2.52. The fourth-order valence-electron chi connectivity index (χ4n) is 0. The van der Waals surface area contributed by atoms with Crippen molar-refractivity contribution in [3.05, 3.63) is 0 Å². The maximum Gasteiger partial charge on any atom is 0.0483 e. The van der Waals surface area contributed by atoms with Crippen LogP contribution in [0.2, 0.25) is 0 Å². The number of rotatable bonds is 0. The van der Waals surface area contributed by atoms with Gasteiger partial charge in [-0.1, -0.05) is 0 Å². The van der Waals surface area contributed by atoms with Crippen molar-refractivity contribution in [3.8, 4) is 0 Å². The van der Waals surface area contributed by atoms with Gasteiger partial charge in [-0.2, -0.15) is 0 Å². The third kappa shape index (κ3) is 1130. The monoisotopic (exact) mass is 63.1 g/mol. The predicted molar refractivity (Wildman–Crippen MR) is 17.4 cm³/mol. The van der Waals surface area contributed by atoms with Gasteiger partial charge < -0.3 is 5.11 Å². The van der Waals surface area contributed by atoms with Crippen LogP contribution in [-0.4, -0.2) is 11.2 Å². The lowest BCUT2D eigenvalue weighted by atomic mass is 10.5. The van der Waals surface area contributed by atoms with E-state index in [0.717, 1.165) is 0 Å². The molecule has 0 radical (unpaired) electrons. The highest BCUT2D eigenvalue weighted by Gasteiger charge is 1.69. The lowest BCUT2D eigenvalue weighted by molar-refractivity contribution is 0.216. The minimum absolute atomic E-state index is 1.20. The molecule has 0 aromatic rings. The van der Waals surface area contributed by atoms with Crippen LogP contribution in [0.4, 0.5) is 0 Å².